The van der Waals surface area contributed by atoms with E-state index in [2.05, 4.69) is 25.2 Å². The number of β-amino-alcohol motifs (C(OH)–C–C–N with tert-alkyl or cyclic N) is 1. The summed E-state index contributed by atoms with van der Waals surface area (Å²) < 4.78 is 10.7. The van der Waals surface area contributed by atoms with Crippen LogP contribution in [0.2, 0.25) is 0 Å². The van der Waals surface area contributed by atoms with Crippen LogP contribution < -0.4 is 14.8 Å². The van der Waals surface area contributed by atoms with Crippen molar-refractivity contribution in [3.05, 3.63) is 59.7 Å². The largest absolute Gasteiger partial charge is 0.497 e. The summed E-state index contributed by atoms with van der Waals surface area (Å²) in [7, 11) is 1.65. The molecule has 0 saturated heterocycles. The molecular formula is C21H26N2O3. The molecule has 0 aromatic heterocycles. The summed E-state index contributed by atoms with van der Waals surface area (Å²) in [6, 6.07) is 16.9. The lowest BCUT2D eigenvalue weighted by atomic mass is 9.94. The minimum absolute atomic E-state index is 0.163. The van der Waals surface area contributed by atoms with Crippen molar-refractivity contribution in [2.75, 3.05) is 20.3 Å². The molecular weight excluding hydrogens is 328 g/mol. The van der Waals surface area contributed by atoms with Crippen LogP contribution in [0.25, 0.3) is 0 Å². The van der Waals surface area contributed by atoms with E-state index < -0.39 is 6.10 Å². The van der Waals surface area contributed by atoms with Crippen LogP contribution in [0.3, 0.4) is 0 Å². The zero-order chi connectivity index (χ0) is 19.0. The number of aliphatic hydroxyl groups is 1. The zero-order valence-electron chi connectivity index (χ0n) is 15.5. The first-order valence-corrected chi connectivity index (χ1v) is 8.61. The van der Waals surface area contributed by atoms with Gasteiger partial charge in [0.05, 0.1) is 18.7 Å². The van der Waals surface area contributed by atoms with E-state index in [9.17, 15) is 5.11 Å². The van der Waals surface area contributed by atoms with Crippen molar-refractivity contribution in [2.45, 2.75) is 31.9 Å². The molecule has 0 amide bonds. The Hall–Kier alpha value is -2.55. The van der Waals surface area contributed by atoms with E-state index in [0.717, 1.165) is 12.2 Å². The topological polar surface area (TPSA) is 74.5 Å². The molecule has 5 nitrogen and oxygen atoms in total. The summed E-state index contributed by atoms with van der Waals surface area (Å²) in [5.41, 5.74) is 1.62. The highest BCUT2D eigenvalue weighted by Crippen LogP contribution is 2.17. The van der Waals surface area contributed by atoms with Gasteiger partial charge in [0.2, 0.25) is 0 Å². The average Bonchev–Trinajstić information content (AvgIpc) is 2.65. The minimum atomic E-state index is -0.624. The van der Waals surface area contributed by atoms with Gasteiger partial charge in [-0.05, 0) is 62.2 Å². The van der Waals surface area contributed by atoms with Crippen molar-refractivity contribution >= 4 is 0 Å². The van der Waals surface area contributed by atoms with Gasteiger partial charge in [0.25, 0.3) is 0 Å². The van der Waals surface area contributed by atoms with Gasteiger partial charge in [-0.3, -0.25) is 0 Å². The second-order valence-electron chi connectivity index (χ2n) is 6.89. The number of nitrogens with zero attached hydrogens (tertiary/aromatic N) is 1. The normalized spacial score (nSPS) is 12.3. The maximum absolute atomic E-state index is 10.2. The summed E-state index contributed by atoms with van der Waals surface area (Å²) in [5, 5.41) is 22.3. The molecule has 0 aliphatic heterocycles. The second kappa shape index (κ2) is 9.23. The molecule has 0 aliphatic rings. The van der Waals surface area contributed by atoms with E-state index in [1.807, 2.05) is 24.3 Å². The van der Waals surface area contributed by atoms with Crippen LogP contribution in [0, 0.1) is 11.3 Å². The molecule has 0 heterocycles. The monoisotopic (exact) mass is 354 g/mol. The molecule has 26 heavy (non-hydrogen) atoms. The van der Waals surface area contributed by atoms with E-state index in [1.54, 1.807) is 31.4 Å². The van der Waals surface area contributed by atoms with Crippen LogP contribution in [0.15, 0.2) is 48.5 Å². The first-order valence-electron chi connectivity index (χ1n) is 8.61. The number of aliphatic hydroxyl groups excluding tert-OH is 1. The predicted octanol–water partition coefficient (Wildman–Crippen LogP) is 2.92. The number of nitrogens with one attached hydrogen (secondary N) is 1. The molecule has 0 spiro atoms. The van der Waals surface area contributed by atoms with E-state index in [4.69, 9.17) is 14.7 Å². The molecule has 5 heteroatoms. The quantitative estimate of drug-likeness (QED) is 0.724. The molecule has 0 saturated carbocycles. The minimum Gasteiger partial charge on any atom is -0.497 e. The Kier molecular flexibility index (Phi) is 7.02. The zero-order valence-corrected chi connectivity index (χ0v) is 15.5. The molecule has 0 unspecified atom stereocenters. The maximum Gasteiger partial charge on any atom is 0.119 e. The summed E-state index contributed by atoms with van der Waals surface area (Å²) in [6.45, 7) is 4.83. The third kappa shape index (κ3) is 6.40. The van der Waals surface area contributed by atoms with Crippen LogP contribution in [0.1, 0.15) is 25.0 Å². The van der Waals surface area contributed by atoms with Crippen molar-refractivity contribution in [3.8, 4) is 17.6 Å². The fraction of sp³-hybridized carbons (Fsp3) is 0.381. The van der Waals surface area contributed by atoms with Crippen molar-refractivity contribution in [1.82, 2.24) is 5.32 Å². The Balaban J connectivity index is 1.77. The molecule has 138 valence electrons. The smallest absolute Gasteiger partial charge is 0.119 e. The number of benzene rings is 2. The lowest BCUT2D eigenvalue weighted by molar-refractivity contribution is 0.0988. The summed E-state index contributed by atoms with van der Waals surface area (Å²) in [6.07, 6.45) is 0.209. The first kappa shape index (κ1) is 19.8. The van der Waals surface area contributed by atoms with Crippen LogP contribution in [0.4, 0.5) is 0 Å². The highest BCUT2D eigenvalue weighted by atomic mass is 16.5. The molecule has 0 aliphatic carbocycles. The Labute approximate surface area is 155 Å². The third-order valence-electron chi connectivity index (χ3n) is 4.05. The van der Waals surface area contributed by atoms with Gasteiger partial charge >= 0.3 is 0 Å². The maximum atomic E-state index is 10.2. The molecule has 1 atom stereocenters. The third-order valence-corrected chi connectivity index (χ3v) is 4.05. The van der Waals surface area contributed by atoms with Gasteiger partial charge in [0.15, 0.2) is 0 Å². The molecule has 0 bridgehead atoms. The van der Waals surface area contributed by atoms with Gasteiger partial charge in [0.1, 0.15) is 24.2 Å². The number of hydrogen-bond acceptors (Lipinski definition) is 5. The number of hydrogen-bond donors (Lipinski definition) is 2. The van der Waals surface area contributed by atoms with Crippen molar-refractivity contribution < 1.29 is 14.6 Å². The number of nitriles is 1. The molecule has 2 aromatic carbocycles. The highest BCUT2D eigenvalue weighted by molar-refractivity contribution is 5.34. The SMILES string of the molecule is COc1ccc(CC(C)(C)NC[C@@H](O)COc2ccc(C#N)cc2)cc1. The lowest BCUT2D eigenvalue weighted by Crippen LogP contribution is -2.46. The second-order valence-corrected chi connectivity index (χ2v) is 6.89. The van der Waals surface area contributed by atoms with Gasteiger partial charge in [-0.15, -0.1) is 0 Å². The van der Waals surface area contributed by atoms with Gasteiger partial charge in [-0.25, -0.2) is 0 Å². The van der Waals surface area contributed by atoms with Gasteiger partial charge in [0, 0.05) is 12.1 Å². The Morgan fingerprint density at radius 3 is 2.27 bits per heavy atom. The molecule has 2 N–H and O–H groups in total. The number of ether oxygens (including phenoxy) is 2. The van der Waals surface area contributed by atoms with E-state index in [1.165, 1.54) is 5.56 Å². The van der Waals surface area contributed by atoms with Gasteiger partial charge in [-0.2, -0.15) is 5.26 Å². The average molecular weight is 354 g/mol. The predicted molar refractivity (Wildman–Crippen MR) is 101 cm³/mol. The first-order chi connectivity index (χ1) is 12.4. The highest BCUT2D eigenvalue weighted by Gasteiger charge is 2.19. The Morgan fingerprint density at radius 2 is 1.69 bits per heavy atom. The molecule has 2 rings (SSSR count). The van der Waals surface area contributed by atoms with Crippen LogP contribution >= 0.6 is 0 Å². The molecule has 2 aromatic rings. The standard InChI is InChI=1S/C21H26N2O3/c1-21(2,12-16-4-8-19(25-3)9-5-16)23-14-18(24)15-26-20-10-6-17(13-22)7-11-20/h4-11,18,23-24H,12,14-15H2,1-3H3/t18-/m1/s1. The molecule has 0 fully saturated rings. The van der Waals surface area contributed by atoms with Crippen molar-refractivity contribution in [3.63, 3.8) is 0 Å². The van der Waals surface area contributed by atoms with Crippen LogP contribution in [0.5, 0.6) is 11.5 Å². The van der Waals surface area contributed by atoms with Crippen LogP contribution in [-0.4, -0.2) is 37.0 Å². The fourth-order valence-corrected chi connectivity index (χ4v) is 2.59. The fourth-order valence-electron chi connectivity index (χ4n) is 2.59. The lowest BCUT2D eigenvalue weighted by Gasteiger charge is -2.28. The number of methoxy groups -OCH3 is 1. The van der Waals surface area contributed by atoms with E-state index in [0.29, 0.717) is 17.9 Å². The summed E-state index contributed by atoms with van der Waals surface area (Å²) >= 11 is 0. The van der Waals surface area contributed by atoms with Crippen LogP contribution in [-0.2, 0) is 6.42 Å². The Morgan fingerprint density at radius 1 is 1.08 bits per heavy atom. The van der Waals surface area contributed by atoms with Gasteiger partial charge < -0.3 is 19.9 Å². The van der Waals surface area contributed by atoms with E-state index in [-0.39, 0.29) is 12.1 Å². The molecule has 0 radical (unpaired) electrons. The van der Waals surface area contributed by atoms with Gasteiger partial charge in [-0.1, -0.05) is 12.1 Å². The van der Waals surface area contributed by atoms with Crippen molar-refractivity contribution in [1.29, 1.82) is 5.26 Å². The number of rotatable bonds is 9. The van der Waals surface area contributed by atoms with E-state index >= 15 is 0 Å². The summed E-state index contributed by atoms with van der Waals surface area (Å²) in [5.74, 6) is 1.48. The summed E-state index contributed by atoms with van der Waals surface area (Å²) in [4.78, 5) is 0. The van der Waals surface area contributed by atoms with Crippen molar-refractivity contribution in [2.24, 2.45) is 0 Å². The Bertz CT molecular complexity index is 718.